The Balaban J connectivity index is 1.53. The van der Waals surface area contributed by atoms with E-state index in [1.165, 1.54) is 16.7 Å². The van der Waals surface area contributed by atoms with Crippen LogP contribution in [0.25, 0.3) is 55.7 Å². The molecule has 0 saturated carbocycles. The maximum Gasteiger partial charge on any atom is 0.227 e. The smallest absolute Gasteiger partial charge is 0.227 e. The van der Waals surface area contributed by atoms with Gasteiger partial charge in [-0.15, -0.1) is 0 Å². The fourth-order valence-corrected chi connectivity index (χ4v) is 5.00. The second-order valence-corrected chi connectivity index (χ2v) is 9.91. The predicted octanol–water partition coefficient (Wildman–Crippen LogP) is 9.01. The highest BCUT2D eigenvalue weighted by Crippen LogP contribution is 2.40. The SMILES string of the molecule is Cc1ccc2c(n1)oc1c(-c3ccc4cc(-c5c(C(C)C)cccc5C(C)C)oc4n3)cccc12. The van der Waals surface area contributed by atoms with Crippen molar-refractivity contribution in [2.75, 3.05) is 0 Å². The number of aryl methyl sites for hydroxylation is 1. The fraction of sp³-hybridized carbons (Fsp3) is 0.226. The molecule has 0 amide bonds. The lowest BCUT2D eigenvalue weighted by atomic mass is 9.87. The summed E-state index contributed by atoms with van der Waals surface area (Å²) in [5.74, 6) is 1.66. The number of hydrogen-bond acceptors (Lipinski definition) is 4. The Kier molecular flexibility index (Phi) is 4.99. The number of rotatable bonds is 4. The number of nitrogens with zero attached hydrogens (tertiary/aromatic N) is 2. The largest absolute Gasteiger partial charge is 0.438 e. The molecule has 4 heterocycles. The number of benzene rings is 2. The number of hydrogen-bond donors (Lipinski definition) is 0. The highest BCUT2D eigenvalue weighted by atomic mass is 16.3. The van der Waals surface area contributed by atoms with Crippen molar-refractivity contribution < 1.29 is 8.83 Å². The molecule has 0 fully saturated rings. The zero-order valence-electron chi connectivity index (χ0n) is 20.7. The van der Waals surface area contributed by atoms with E-state index >= 15 is 0 Å². The Hall–Kier alpha value is -3.92. The number of aromatic nitrogens is 2. The van der Waals surface area contributed by atoms with E-state index in [2.05, 4.69) is 75.1 Å². The van der Waals surface area contributed by atoms with E-state index in [9.17, 15) is 0 Å². The van der Waals surface area contributed by atoms with Crippen molar-refractivity contribution in [1.82, 2.24) is 9.97 Å². The van der Waals surface area contributed by atoms with Crippen molar-refractivity contribution >= 4 is 33.2 Å². The number of para-hydroxylation sites is 1. The highest BCUT2D eigenvalue weighted by molar-refractivity contribution is 6.08. The Morgan fingerprint density at radius 1 is 0.686 bits per heavy atom. The van der Waals surface area contributed by atoms with Gasteiger partial charge in [-0.25, -0.2) is 9.97 Å². The summed E-state index contributed by atoms with van der Waals surface area (Å²) in [5, 5.41) is 3.05. The third kappa shape index (κ3) is 3.52. The molecule has 0 radical (unpaired) electrons. The zero-order valence-corrected chi connectivity index (χ0v) is 20.7. The molecule has 0 aliphatic carbocycles. The monoisotopic (exact) mass is 460 g/mol. The summed E-state index contributed by atoms with van der Waals surface area (Å²) in [6.07, 6.45) is 0. The van der Waals surface area contributed by atoms with Crippen molar-refractivity contribution in [3.8, 4) is 22.6 Å². The quantitative estimate of drug-likeness (QED) is 0.263. The molecule has 174 valence electrons. The molecular weight excluding hydrogens is 432 g/mol. The Morgan fingerprint density at radius 3 is 2.17 bits per heavy atom. The molecule has 0 atom stereocenters. The van der Waals surface area contributed by atoms with Gasteiger partial charge in [-0.3, -0.25) is 0 Å². The first kappa shape index (κ1) is 21.6. The van der Waals surface area contributed by atoms with E-state index in [-0.39, 0.29) is 0 Å². The van der Waals surface area contributed by atoms with Gasteiger partial charge in [-0.1, -0.05) is 58.0 Å². The van der Waals surface area contributed by atoms with Gasteiger partial charge in [0.25, 0.3) is 0 Å². The summed E-state index contributed by atoms with van der Waals surface area (Å²) in [5.41, 5.74) is 8.56. The van der Waals surface area contributed by atoms with Gasteiger partial charge in [-0.05, 0) is 66.3 Å². The standard InChI is InChI=1S/C31H28N2O2/c1-17(2)21-8-6-9-22(18(3)4)28(21)27-16-20-13-15-26(33-30(20)34-27)25-11-7-10-23-24-14-12-19(5)32-31(24)35-29(23)25/h6-18H,1-5H3. The van der Waals surface area contributed by atoms with E-state index in [1.807, 2.05) is 31.2 Å². The van der Waals surface area contributed by atoms with Crippen LogP contribution in [-0.4, -0.2) is 9.97 Å². The third-order valence-corrected chi connectivity index (χ3v) is 6.78. The molecule has 0 aliphatic heterocycles. The number of furan rings is 2. The van der Waals surface area contributed by atoms with Crippen LogP contribution in [0.5, 0.6) is 0 Å². The normalized spacial score (nSPS) is 12.1. The second-order valence-electron chi connectivity index (χ2n) is 9.91. The van der Waals surface area contributed by atoms with Gasteiger partial charge in [0.1, 0.15) is 11.3 Å². The molecule has 0 saturated heterocycles. The van der Waals surface area contributed by atoms with Crippen LogP contribution in [0.15, 0.2) is 75.6 Å². The van der Waals surface area contributed by atoms with Crippen LogP contribution in [0.4, 0.5) is 0 Å². The third-order valence-electron chi connectivity index (χ3n) is 6.78. The van der Waals surface area contributed by atoms with Crippen LogP contribution in [0, 0.1) is 6.92 Å². The zero-order chi connectivity index (χ0) is 24.3. The van der Waals surface area contributed by atoms with E-state index in [0.29, 0.717) is 23.3 Å². The van der Waals surface area contributed by atoms with Crippen molar-refractivity contribution in [1.29, 1.82) is 0 Å². The van der Waals surface area contributed by atoms with Crippen LogP contribution in [0.2, 0.25) is 0 Å². The molecule has 0 N–H and O–H groups in total. The van der Waals surface area contributed by atoms with Crippen molar-refractivity contribution in [2.45, 2.75) is 46.5 Å². The molecule has 0 aliphatic rings. The van der Waals surface area contributed by atoms with Crippen molar-refractivity contribution in [2.24, 2.45) is 0 Å². The molecule has 4 aromatic heterocycles. The molecule has 0 unspecified atom stereocenters. The van der Waals surface area contributed by atoms with Gasteiger partial charge >= 0.3 is 0 Å². The molecule has 6 aromatic rings. The maximum absolute atomic E-state index is 6.43. The number of pyridine rings is 2. The average Bonchev–Trinajstić information content (AvgIpc) is 3.43. The van der Waals surface area contributed by atoms with E-state index in [0.717, 1.165) is 44.5 Å². The van der Waals surface area contributed by atoms with E-state index < -0.39 is 0 Å². The summed E-state index contributed by atoms with van der Waals surface area (Å²) < 4.78 is 12.6. The van der Waals surface area contributed by atoms with E-state index in [1.54, 1.807) is 0 Å². The van der Waals surface area contributed by atoms with Gasteiger partial charge in [0, 0.05) is 33.0 Å². The second kappa shape index (κ2) is 8.09. The topological polar surface area (TPSA) is 52.1 Å². The molecule has 0 bridgehead atoms. The van der Waals surface area contributed by atoms with Crippen LogP contribution >= 0.6 is 0 Å². The lowest BCUT2D eigenvalue weighted by Gasteiger charge is -2.17. The van der Waals surface area contributed by atoms with Crippen LogP contribution in [-0.2, 0) is 0 Å². The van der Waals surface area contributed by atoms with Crippen molar-refractivity contribution in [3.63, 3.8) is 0 Å². The van der Waals surface area contributed by atoms with Crippen molar-refractivity contribution in [3.05, 3.63) is 83.6 Å². The minimum absolute atomic E-state index is 0.392. The average molecular weight is 461 g/mol. The Labute approximate surface area is 204 Å². The molecular formula is C31H28N2O2. The summed E-state index contributed by atoms with van der Waals surface area (Å²) in [6.45, 7) is 10.9. The Bertz CT molecular complexity index is 1690. The number of fused-ring (bicyclic) bond motifs is 4. The lowest BCUT2D eigenvalue weighted by molar-refractivity contribution is 0.615. The highest BCUT2D eigenvalue weighted by Gasteiger charge is 2.20. The van der Waals surface area contributed by atoms with Gasteiger partial charge in [-0.2, -0.15) is 0 Å². The summed E-state index contributed by atoms with van der Waals surface area (Å²) in [6, 6.07) is 23.0. The predicted molar refractivity (Wildman–Crippen MR) is 143 cm³/mol. The summed E-state index contributed by atoms with van der Waals surface area (Å²) >= 11 is 0. The van der Waals surface area contributed by atoms with Crippen LogP contribution < -0.4 is 0 Å². The summed E-state index contributed by atoms with van der Waals surface area (Å²) in [7, 11) is 0. The Morgan fingerprint density at radius 2 is 1.43 bits per heavy atom. The molecule has 2 aromatic carbocycles. The fourth-order valence-electron chi connectivity index (χ4n) is 5.00. The summed E-state index contributed by atoms with van der Waals surface area (Å²) in [4.78, 5) is 9.51. The lowest BCUT2D eigenvalue weighted by Crippen LogP contribution is -1.98. The minimum Gasteiger partial charge on any atom is -0.438 e. The van der Waals surface area contributed by atoms with Gasteiger partial charge in [0.15, 0.2) is 0 Å². The maximum atomic E-state index is 6.43. The first-order valence-corrected chi connectivity index (χ1v) is 12.2. The van der Waals surface area contributed by atoms with Gasteiger partial charge < -0.3 is 8.83 Å². The van der Waals surface area contributed by atoms with Gasteiger partial charge in [0.05, 0.1) is 5.69 Å². The molecule has 4 heteroatoms. The first-order chi connectivity index (χ1) is 16.9. The molecule has 35 heavy (non-hydrogen) atoms. The van der Waals surface area contributed by atoms with Gasteiger partial charge in [0.2, 0.25) is 11.4 Å². The van der Waals surface area contributed by atoms with Crippen LogP contribution in [0.1, 0.15) is 56.4 Å². The van der Waals surface area contributed by atoms with E-state index in [4.69, 9.17) is 13.8 Å². The molecule has 0 spiro atoms. The first-order valence-electron chi connectivity index (χ1n) is 12.2. The molecule has 4 nitrogen and oxygen atoms in total. The molecule has 6 rings (SSSR count). The van der Waals surface area contributed by atoms with Crippen LogP contribution in [0.3, 0.4) is 0 Å². The minimum atomic E-state index is 0.392.